The Hall–Kier alpha value is -1.77. The summed E-state index contributed by atoms with van der Waals surface area (Å²) in [4.78, 5) is 0. The molecule has 0 amide bonds. The number of benzene rings is 1. The zero-order valence-electron chi connectivity index (χ0n) is 7.12. The molecular weight excluding hydrogens is 186 g/mol. The molecule has 0 saturated heterocycles. The maximum atomic E-state index is 9.36. The number of rotatable bonds is 2. The number of nitrogens with zero attached hydrogens (tertiary/aromatic N) is 1. The Bertz CT molecular complexity index is 351. The highest BCUT2D eigenvalue weighted by Crippen LogP contribution is 2.33. The molecule has 74 valence electrons. The number of phenols is 2. The molecule has 0 fully saturated rings. The van der Waals surface area contributed by atoms with Crippen LogP contribution in [0.5, 0.6) is 11.5 Å². The van der Waals surface area contributed by atoms with Crippen LogP contribution in [0.3, 0.4) is 0 Å². The Balaban J connectivity index is 3.13. The lowest BCUT2D eigenvalue weighted by atomic mass is 10.0. The number of phenolic OH excluding ortho intramolecular Hbond substituents is 2. The van der Waals surface area contributed by atoms with Crippen LogP contribution in [0.15, 0.2) is 18.2 Å². The van der Waals surface area contributed by atoms with Gasteiger partial charge in [-0.2, -0.15) is 5.26 Å². The van der Waals surface area contributed by atoms with Gasteiger partial charge in [0, 0.05) is 0 Å². The van der Waals surface area contributed by atoms with Crippen LogP contribution in [0.2, 0.25) is 0 Å². The van der Waals surface area contributed by atoms with Crippen LogP contribution in [-0.2, 0) is 0 Å². The SMILES string of the molecule is N#CC(O)C(O)c1c(O)cccc1O. The molecule has 1 aromatic rings. The molecule has 1 aromatic carbocycles. The second kappa shape index (κ2) is 3.96. The molecule has 0 aromatic heterocycles. The second-order valence-corrected chi connectivity index (χ2v) is 2.73. The van der Waals surface area contributed by atoms with Crippen molar-refractivity contribution in [3.05, 3.63) is 23.8 Å². The van der Waals surface area contributed by atoms with Crippen molar-refractivity contribution in [2.24, 2.45) is 0 Å². The van der Waals surface area contributed by atoms with Crippen LogP contribution in [0.25, 0.3) is 0 Å². The summed E-state index contributed by atoms with van der Waals surface area (Å²) in [6, 6.07) is 5.25. The molecule has 0 radical (unpaired) electrons. The molecule has 2 atom stereocenters. The fourth-order valence-corrected chi connectivity index (χ4v) is 1.07. The maximum absolute atomic E-state index is 9.36. The first-order valence-electron chi connectivity index (χ1n) is 3.84. The predicted octanol–water partition coefficient (Wildman–Crippen LogP) is 0.0157. The molecule has 2 unspecified atom stereocenters. The van der Waals surface area contributed by atoms with Crippen molar-refractivity contribution in [2.75, 3.05) is 0 Å². The summed E-state index contributed by atoms with van der Waals surface area (Å²) in [5.74, 6) is -0.737. The second-order valence-electron chi connectivity index (χ2n) is 2.73. The van der Waals surface area contributed by atoms with Crippen LogP contribution in [0, 0.1) is 11.3 Å². The van der Waals surface area contributed by atoms with Crippen LogP contribution < -0.4 is 0 Å². The third-order valence-corrected chi connectivity index (χ3v) is 1.79. The summed E-state index contributed by atoms with van der Waals surface area (Å²) in [6.45, 7) is 0. The van der Waals surface area contributed by atoms with Gasteiger partial charge in [0.1, 0.15) is 17.6 Å². The fourth-order valence-electron chi connectivity index (χ4n) is 1.07. The Labute approximate surface area is 80.1 Å². The fraction of sp³-hybridized carbons (Fsp3) is 0.222. The van der Waals surface area contributed by atoms with E-state index in [1.54, 1.807) is 0 Å². The topological polar surface area (TPSA) is 105 Å². The van der Waals surface area contributed by atoms with E-state index in [1.165, 1.54) is 24.3 Å². The van der Waals surface area contributed by atoms with Crippen LogP contribution >= 0.6 is 0 Å². The van der Waals surface area contributed by atoms with Gasteiger partial charge in [-0.05, 0) is 12.1 Å². The molecule has 4 N–H and O–H groups in total. The van der Waals surface area contributed by atoms with E-state index in [9.17, 15) is 15.3 Å². The number of hydrogen-bond donors (Lipinski definition) is 4. The van der Waals surface area contributed by atoms with E-state index in [1.807, 2.05) is 0 Å². The van der Waals surface area contributed by atoms with E-state index in [-0.39, 0.29) is 17.1 Å². The summed E-state index contributed by atoms with van der Waals surface area (Å²) in [6.07, 6.45) is -3.31. The summed E-state index contributed by atoms with van der Waals surface area (Å²) >= 11 is 0. The average Bonchev–Trinajstić information content (AvgIpc) is 2.16. The van der Waals surface area contributed by atoms with Crippen LogP contribution in [0.4, 0.5) is 0 Å². The number of nitriles is 1. The molecule has 5 heteroatoms. The molecule has 0 saturated carbocycles. The lowest BCUT2D eigenvalue weighted by Gasteiger charge is -2.14. The molecule has 0 aliphatic carbocycles. The van der Waals surface area contributed by atoms with Crippen molar-refractivity contribution in [3.8, 4) is 17.6 Å². The van der Waals surface area contributed by atoms with Crippen LogP contribution in [-0.4, -0.2) is 26.5 Å². The van der Waals surface area contributed by atoms with Gasteiger partial charge < -0.3 is 20.4 Å². The smallest absolute Gasteiger partial charge is 0.170 e. The van der Waals surface area contributed by atoms with Crippen LogP contribution in [0.1, 0.15) is 11.7 Å². The maximum Gasteiger partial charge on any atom is 0.170 e. The minimum absolute atomic E-state index is 0.249. The summed E-state index contributed by atoms with van der Waals surface area (Å²) in [5.41, 5.74) is -0.249. The zero-order valence-corrected chi connectivity index (χ0v) is 7.12. The molecule has 14 heavy (non-hydrogen) atoms. The van der Waals surface area contributed by atoms with E-state index in [4.69, 9.17) is 10.4 Å². The van der Waals surface area contributed by atoms with Gasteiger partial charge in [0.15, 0.2) is 6.10 Å². The van der Waals surface area contributed by atoms with E-state index in [2.05, 4.69) is 0 Å². The zero-order chi connectivity index (χ0) is 10.7. The monoisotopic (exact) mass is 195 g/mol. The highest BCUT2D eigenvalue weighted by molar-refractivity contribution is 5.45. The Morgan fingerprint density at radius 3 is 2.07 bits per heavy atom. The Kier molecular flexibility index (Phi) is 2.92. The average molecular weight is 195 g/mol. The minimum atomic E-state index is -1.69. The number of hydrogen-bond acceptors (Lipinski definition) is 5. The van der Waals surface area contributed by atoms with Gasteiger partial charge in [0.25, 0.3) is 0 Å². The number of aliphatic hydroxyl groups is 2. The normalized spacial score (nSPS) is 14.4. The van der Waals surface area contributed by atoms with Gasteiger partial charge in [-0.25, -0.2) is 0 Å². The number of aliphatic hydroxyl groups excluding tert-OH is 2. The third-order valence-electron chi connectivity index (χ3n) is 1.79. The van der Waals surface area contributed by atoms with Gasteiger partial charge in [-0.3, -0.25) is 0 Å². The van der Waals surface area contributed by atoms with Crippen molar-refractivity contribution in [1.29, 1.82) is 5.26 Å². The molecule has 0 bridgehead atoms. The number of aromatic hydroxyl groups is 2. The molecule has 0 spiro atoms. The van der Waals surface area contributed by atoms with Gasteiger partial charge in [-0.15, -0.1) is 0 Å². The lowest BCUT2D eigenvalue weighted by Crippen LogP contribution is -2.15. The highest BCUT2D eigenvalue weighted by atomic mass is 16.3. The van der Waals surface area contributed by atoms with Gasteiger partial charge in [0.2, 0.25) is 0 Å². The van der Waals surface area contributed by atoms with Gasteiger partial charge in [-0.1, -0.05) is 6.07 Å². The predicted molar refractivity (Wildman–Crippen MR) is 46.4 cm³/mol. The van der Waals surface area contributed by atoms with E-state index < -0.39 is 12.2 Å². The molecule has 0 aliphatic rings. The van der Waals surface area contributed by atoms with E-state index in [0.29, 0.717) is 0 Å². The Morgan fingerprint density at radius 2 is 1.64 bits per heavy atom. The quantitative estimate of drug-likeness (QED) is 0.498. The summed E-state index contributed by atoms with van der Waals surface area (Å²) in [7, 11) is 0. The summed E-state index contributed by atoms with van der Waals surface area (Å²) < 4.78 is 0. The van der Waals surface area contributed by atoms with Crippen molar-refractivity contribution in [1.82, 2.24) is 0 Å². The van der Waals surface area contributed by atoms with Crippen molar-refractivity contribution >= 4 is 0 Å². The summed E-state index contributed by atoms with van der Waals surface area (Å²) in [5, 5.41) is 45.2. The molecule has 0 heterocycles. The van der Waals surface area contributed by atoms with Crippen molar-refractivity contribution in [2.45, 2.75) is 12.2 Å². The van der Waals surface area contributed by atoms with Gasteiger partial charge >= 0.3 is 0 Å². The molecular formula is C9H9NO4. The largest absolute Gasteiger partial charge is 0.507 e. The van der Waals surface area contributed by atoms with E-state index in [0.717, 1.165) is 0 Å². The van der Waals surface area contributed by atoms with Gasteiger partial charge in [0.05, 0.1) is 11.6 Å². The molecule has 1 rings (SSSR count). The third kappa shape index (κ3) is 1.76. The first-order chi connectivity index (χ1) is 6.57. The van der Waals surface area contributed by atoms with Crippen molar-refractivity contribution in [3.63, 3.8) is 0 Å². The first-order valence-corrected chi connectivity index (χ1v) is 3.84. The Morgan fingerprint density at radius 1 is 1.14 bits per heavy atom. The highest BCUT2D eigenvalue weighted by Gasteiger charge is 2.23. The molecule has 5 nitrogen and oxygen atoms in total. The lowest BCUT2D eigenvalue weighted by molar-refractivity contribution is 0.0494. The first kappa shape index (κ1) is 10.3. The molecule has 0 aliphatic heterocycles. The van der Waals surface area contributed by atoms with E-state index >= 15 is 0 Å². The standard InChI is InChI=1S/C9H9NO4/c10-4-7(13)9(14)8-5(11)2-1-3-6(8)12/h1-3,7,9,11-14H. The minimum Gasteiger partial charge on any atom is -0.507 e. The van der Waals surface area contributed by atoms with Crippen molar-refractivity contribution < 1.29 is 20.4 Å².